The number of anilines is 2. The van der Waals surface area contributed by atoms with E-state index in [2.05, 4.69) is 45.2 Å². The van der Waals surface area contributed by atoms with Gasteiger partial charge in [0.25, 0.3) is 0 Å². The number of imidazole rings is 1. The zero-order valence-corrected chi connectivity index (χ0v) is 11.9. The lowest BCUT2D eigenvalue weighted by molar-refractivity contribution is 0.869. The summed E-state index contributed by atoms with van der Waals surface area (Å²) in [5, 5.41) is 3.49. The molecule has 0 bridgehead atoms. The molecule has 0 atom stereocenters. The molecule has 5 nitrogen and oxygen atoms in total. The van der Waals surface area contributed by atoms with Gasteiger partial charge < -0.3 is 10.3 Å². The molecule has 20 heavy (non-hydrogen) atoms. The summed E-state index contributed by atoms with van der Waals surface area (Å²) in [7, 11) is 0. The Kier molecular flexibility index (Phi) is 3.28. The third-order valence-electron chi connectivity index (χ3n) is 3.09. The van der Waals surface area contributed by atoms with Crippen LogP contribution in [0.2, 0.25) is 5.28 Å². The molecule has 0 aliphatic rings. The molecule has 0 spiro atoms. The molecule has 2 aromatic heterocycles. The van der Waals surface area contributed by atoms with E-state index in [1.54, 1.807) is 6.33 Å². The molecule has 0 fully saturated rings. The predicted octanol–water partition coefficient (Wildman–Crippen LogP) is 3.87. The molecule has 0 aliphatic heterocycles. The predicted molar refractivity (Wildman–Crippen MR) is 80.5 cm³/mol. The fraction of sp³-hybridized carbons (Fsp3) is 0.214. The number of H-pyrrole nitrogens is 1. The highest BCUT2D eigenvalue weighted by Crippen LogP contribution is 2.28. The summed E-state index contributed by atoms with van der Waals surface area (Å²) in [5.41, 5.74) is 3.52. The van der Waals surface area contributed by atoms with Crippen molar-refractivity contribution in [2.24, 2.45) is 0 Å². The van der Waals surface area contributed by atoms with Gasteiger partial charge in [0.2, 0.25) is 5.28 Å². The second-order valence-electron chi connectivity index (χ2n) is 4.81. The van der Waals surface area contributed by atoms with Crippen LogP contribution in [0.15, 0.2) is 30.6 Å². The number of benzene rings is 1. The summed E-state index contributed by atoms with van der Waals surface area (Å²) in [6.07, 6.45) is 1.58. The van der Waals surface area contributed by atoms with E-state index in [0.29, 0.717) is 17.4 Å². The number of nitrogens with zero attached hydrogens (tertiary/aromatic N) is 3. The Hall–Kier alpha value is -2.14. The van der Waals surface area contributed by atoms with Crippen LogP contribution >= 0.6 is 11.6 Å². The largest absolute Gasteiger partial charge is 0.340 e. The second kappa shape index (κ2) is 5.09. The van der Waals surface area contributed by atoms with E-state index in [1.807, 2.05) is 18.2 Å². The fourth-order valence-electron chi connectivity index (χ4n) is 2.14. The highest BCUT2D eigenvalue weighted by atomic mass is 35.5. The molecule has 0 radical (unpaired) electrons. The average molecular weight is 288 g/mol. The fourth-order valence-corrected chi connectivity index (χ4v) is 2.30. The summed E-state index contributed by atoms with van der Waals surface area (Å²) in [4.78, 5) is 15.4. The van der Waals surface area contributed by atoms with E-state index in [4.69, 9.17) is 11.6 Å². The van der Waals surface area contributed by atoms with Gasteiger partial charge in [-0.25, -0.2) is 4.98 Å². The number of hydrogen-bond donors (Lipinski definition) is 2. The standard InChI is InChI=1S/C14H14ClN5/c1-8(2)9-5-3-4-6-10(9)18-13-11-12(17-7-16-11)19-14(15)20-13/h3-8H,1-2H3,(H2,16,17,18,19,20). The summed E-state index contributed by atoms with van der Waals surface area (Å²) in [6, 6.07) is 8.13. The van der Waals surface area contributed by atoms with E-state index in [9.17, 15) is 0 Å². The number of para-hydroxylation sites is 1. The maximum Gasteiger partial charge on any atom is 0.226 e. The van der Waals surface area contributed by atoms with Gasteiger partial charge >= 0.3 is 0 Å². The molecule has 3 rings (SSSR count). The summed E-state index contributed by atoms with van der Waals surface area (Å²) in [6.45, 7) is 4.30. The molecule has 0 saturated carbocycles. The van der Waals surface area contributed by atoms with Crippen LogP contribution < -0.4 is 5.32 Å². The van der Waals surface area contributed by atoms with Crippen molar-refractivity contribution in [2.45, 2.75) is 19.8 Å². The van der Waals surface area contributed by atoms with E-state index in [-0.39, 0.29) is 5.28 Å². The first kappa shape index (κ1) is 12.9. The van der Waals surface area contributed by atoms with Crippen molar-refractivity contribution >= 4 is 34.3 Å². The minimum Gasteiger partial charge on any atom is -0.340 e. The number of rotatable bonds is 3. The maximum absolute atomic E-state index is 5.93. The number of aromatic nitrogens is 4. The summed E-state index contributed by atoms with van der Waals surface area (Å²) < 4.78 is 0. The molecule has 0 amide bonds. The van der Waals surface area contributed by atoms with Crippen LogP contribution in [0.25, 0.3) is 11.2 Å². The molecular formula is C14H14ClN5. The molecule has 3 aromatic rings. The molecule has 6 heteroatoms. The van der Waals surface area contributed by atoms with Gasteiger partial charge in [0.15, 0.2) is 11.5 Å². The number of hydrogen-bond acceptors (Lipinski definition) is 4. The van der Waals surface area contributed by atoms with Crippen LogP contribution in [0.1, 0.15) is 25.3 Å². The lowest BCUT2D eigenvalue weighted by Crippen LogP contribution is -2.01. The van der Waals surface area contributed by atoms with E-state index < -0.39 is 0 Å². The smallest absolute Gasteiger partial charge is 0.226 e. The van der Waals surface area contributed by atoms with Crippen molar-refractivity contribution in [1.82, 2.24) is 19.9 Å². The number of halogens is 1. The minimum atomic E-state index is 0.175. The third-order valence-corrected chi connectivity index (χ3v) is 3.26. The third kappa shape index (κ3) is 2.32. The molecule has 1 aromatic carbocycles. The first-order chi connectivity index (χ1) is 9.65. The molecule has 2 N–H and O–H groups in total. The van der Waals surface area contributed by atoms with Gasteiger partial charge in [-0.2, -0.15) is 9.97 Å². The topological polar surface area (TPSA) is 66.5 Å². The van der Waals surface area contributed by atoms with Crippen molar-refractivity contribution in [2.75, 3.05) is 5.32 Å². The van der Waals surface area contributed by atoms with Gasteiger partial charge in [-0.05, 0) is 29.1 Å². The van der Waals surface area contributed by atoms with Gasteiger partial charge in [-0.15, -0.1) is 0 Å². The first-order valence-corrected chi connectivity index (χ1v) is 6.75. The number of nitrogens with one attached hydrogen (secondary N) is 2. The SMILES string of the molecule is CC(C)c1ccccc1Nc1nc(Cl)nc2nc[nH]c12. The Labute approximate surface area is 121 Å². The van der Waals surface area contributed by atoms with Crippen molar-refractivity contribution in [3.63, 3.8) is 0 Å². The number of aromatic amines is 1. The minimum absolute atomic E-state index is 0.175. The van der Waals surface area contributed by atoms with Gasteiger partial charge in [0.1, 0.15) is 5.52 Å². The highest BCUT2D eigenvalue weighted by molar-refractivity contribution is 6.28. The summed E-state index contributed by atoms with van der Waals surface area (Å²) in [5.74, 6) is 1.04. The first-order valence-electron chi connectivity index (χ1n) is 6.37. The summed E-state index contributed by atoms with van der Waals surface area (Å²) >= 11 is 5.93. The average Bonchev–Trinajstić information content (AvgIpc) is 2.87. The monoisotopic (exact) mass is 287 g/mol. The molecule has 0 aliphatic carbocycles. The lowest BCUT2D eigenvalue weighted by atomic mass is 10.0. The van der Waals surface area contributed by atoms with Crippen molar-refractivity contribution in [3.05, 3.63) is 41.4 Å². The zero-order chi connectivity index (χ0) is 14.1. The van der Waals surface area contributed by atoms with Crippen LogP contribution in [0.3, 0.4) is 0 Å². The van der Waals surface area contributed by atoms with Crippen LogP contribution in [-0.4, -0.2) is 19.9 Å². The molecule has 102 valence electrons. The van der Waals surface area contributed by atoms with E-state index in [1.165, 1.54) is 5.56 Å². The Bertz CT molecular complexity index is 750. The van der Waals surface area contributed by atoms with Gasteiger partial charge in [0, 0.05) is 5.69 Å². The maximum atomic E-state index is 5.93. The van der Waals surface area contributed by atoms with Gasteiger partial charge in [0.05, 0.1) is 6.33 Å². The van der Waals surface area contributed by atoms with Crippen LogP contribution in [0, 0.1) is 0 Å². The normalized spacial score (nSPS) is 11.2. The van der Waals surface area contributed by atoms with E-state index in [0.717, 1.165) is 11.2 Å². The van der Waals surface area contributed by atoms with Crippen molar-refractivity contribution in [3.8, 4) is 0 Å². The van der Waals surface area contributed by atoms with Gasteiger partial charge in [-0.3, -0.25) is 0 Å². The molecule has 2 heterocycles. The Morgan fingerprint density at radius 3 is 2.80 bits per heavy atom. The van der Waals surface area contributed by atoms with Crippen LogP contribution in [0.5, 0.6) is 0 Å². The number of fused-ring (bicyclic) bond motifs is 1. The Balaban J connectivity index is 2.08. The lowest BCUT2D eigenvalue weighted by Gasteiger charge is -2.14. The van der Waals surface area contributed by atoms with E-state index >= 15 is 0 Å². The zero-order valence-electron chi connectivity index (χ0n) is 11.2. The van der Waals surface area contributed by atoms with Crippen molar-refractivity contribution in [1.29, 1.82) is 0 Å². The molecular weight excluding hydrogens is 274 g/mol. The Morgan fingerprint density at radius 2 is 2.00 bits per heavy atom. The molecule has 0 saturated heterocycles. The second-order valence-corrected chi connectivity index (χ2v) is 5.15. The highest BCUT2D eigenvalue weighted by Gasteiger charge is 2.12. The Morgan fingerprint density at radius 1 is 1.20 bits per heavy atom. The molecule has 0 unspecified atom stereocenters. The van der Waals surface area contributed by atoms with Crippen molar-refractivity contribution < 1.29 is 0 Å². The quantitative estimate of drug-likeness (QED) is 0.718. The van der Waals surface area contributed by atoms with Crippen LogP contribution in [-0.2, 0) is 0 Å². The van der Waals surface area contributed by atoms with Gasteiger partial charge in [-0.1, -0.05) is 32.0 Å². The van der Waals surface area contributed by atoms with Crippen LogP contribution in [0.4, 0.5) is 11.5 Å².